The number of nitrogens with zero attached hydrogens (tertiary/aromatic N) is 4. The van der Waals surface area contributed by atoms with Gasteiger partial charge in [-0.3, -0.25) is 4.72 Å². The van der Waals surface area contributed by atoms with E-state index < -0.39 is 10.0 Å². The first-order valence-corrected chi connectivity index (χ1v) is 9.62. The van der Waals surface area contributed by atoms with E-state index in [1.807, 2.05) is 38.1 Å². The molecule has 0 atom stereocenters. The lowest BCUT2D eigenvalue weighted by Gasteiger charge is -2.10. The number of anilines is 1. The molecule has 0 aliphatic carbocycles. The third-order valence-electron chi connectivity index (χ3n) is 3.95. The van der Waals surface area contributed by atoms with E-state index in [1.165, 1.54) is 4.52 Å². The molecule has 1 N–H and O–H groups in total. The number of aryl methyl sites for hydroxylation is 2. The highest BCUT2D eigenvalue weighted by Gasteiger charge is 2.23. The summed E-state index contributed by atoms with van der Waals surface area (Å²) in [4.78, 5) is 8.28. The maximum Gasteiger partial charge on any atom is 0.299 e. The standard InChI is InChI=1S/C17H14ClN5O2S/c1-10-9-11(2)23-16(19-10)20-17(21-23)26(24,25)22-15-13-6-4-3-5-12(13)7-8-14(15)18/h3-9,22H,1-2H3. The van der Waals surface area contributed by atoms with Crippen LogP contribution in [0.3, 0.4) is 0 Å². The van der Waals surface area contributed by atoms with Crippen molar-refractivity contribution < 1.29 is 8.42 Å². The summed E-state index contributed by atoms with van der Waals surface area (Å²) in [6, 6.07) is 12.6. The van der Waals surface area contributed by atoms with E-state index in [4.69, 9.17) is 11.6 Å². The van der Waals surface area contributed by atoms with Crippen LogP contribution in [0.2, 0.25) is 5.02 Å². The van der Waals surface area contributed by atoms with Gasteiger partial charge in [0.15, 0.2) is 0 Å². The minimum absolute atomic E-state index is 0.229. The van der Waals surface area contributed by atoms with E-state index in [2.05, 4.69) is 19.8 Å². The monoisotopic (exact) mass is 387 g/mol. The highest BCUT2D eigenvalue weighted by molar-refractivity contribution is 7.92. The van der Waals surface area contributed by atoms with Crippen LogP contribution in [-0.4, -0.2) is 28.0 Å². The summed E-state index contributed by atoms with van der Waals surface area (Å²) in [6.45, 7) is 3.62. The number of benzene rings is 2. The number of hydrogen-bond acceptors (Lipinski definition) is 5. The fourth-order valence-electron chi connectivity index (χ4n) is 2.79. The Morgan fingerprint density at radius 2 is 1.85 bits per heavy atom. The molecular weight excluding hydrogens is 374 g/mol. The van der Waals surface area contributed by atoms with Gasteiger partial charge < -0.3 is 0 Å². The van der Waals surface area contributed by atoms with Crippen LogP contribution in [-0.2, 0) is 10.0 Å². The van der Waals surface area contributed by atoms with Gasteiger partial charge in [0.05, 0.1) is 10.7 Å². The van der Waals surface area contributed by atoms with E-state index in [9.17, 15) is 8.42 Å². The van der Waals surface area contributed by atoms with Gasteiger partial charge in [-0.15, -0.1) is 5.10 Å². The number of sulfonamides is 1. The quantitative estimate of drug-likeness (QED) is 0.582. The van der Waals surface area contributed by atoms with Crippen LogP contribution in [0.5, 0.6) is 0 Å². The summed E-state index contributed by atoms with van der Waals surface area (Å²) >= 11 is 6.24. The molecule has 4 aromatic rings. The maximum absolute atomic E-state index is 12.8. The third-order valence-corrected chi connectivity index (χ3v) is 5.40. The van der Waals surface area contributed by atoms with Crippen molar-refractivity contribution in [1.82, 2.24) is 19.6 Å². The Labute approximate surface area is 154 Å². The fourth-order valence-corrected chi connectivity index (χ4v) is 4.03. The van der Waals surface area contributed by atoms with Crippen molar-refractivity contribution in [2.24, 2.45) is 0 Å². The van der Waals surface area contributed by atoms with Crippen LogP contribution in [0.15, 0.2) is 47.6 Å². The molecule has 132 valence electrons. The molecule has 2 aromatic heterocycles. The number of fused-ring (bicyclic) bond motifs is 2. The number of halogens is 1. The highest BCUT2D eigenvalue weighted by Crippen LogP contribution is 2.32. The summed E-state index contributed by atoms with van der Waals surface area (Å²) in [6.07, 6.45) is 0. The molecule has 0 radical (unpaired) electrons. The summed E-state index contributed by atoms with van der Waals surface area (Å²) in [7, 11) is -4.04. The van der Waals surface area contributed by atoms with Gasteiger partial charge in [0.1, 0.15) is 0 Å². The van der Waals surface area contributed by atoms with Crippen LogP contribution in [0.1, 0.15) is 11.4 Å². The zero-order valence-corrected chi connectivity index (χ0v) is 15.5. The van der Waals surface area contributed by atoms with Gasteiger partial charge >= 0.3 is 0 Å². The molecule has 0 amide bonds. The van der Waals surface area contributed by atoms with Crippen LogP contribution < -0.4 is 4.72 Å². The van der Waals surface area contributed by atoms with E-state index in [0.717, 1.165) is 16.8 Å². The Bertz CT molecular complexity index is 1270. The zero-order chi connectivity index (χ0) is 18.5. The van der Waals surface area contributed by atoms with Crippen molar-refractivity contribution in [1.29, 1.82) is 0 Å². The molecule has 0 spiro atoms. The van der Waals surface area contributed by atoms with Crippen LogP contribution in [0.4, 0.5) is 5.69 Å². The largest absolute Gasteiger partial charge is 0.299 e. The Morgan fingerprint density at radius 3 is 2.65 bits per heavy atom. The van der Waals surface area contributed by atoms with Crippen LogP contribution in [0, 0.1) is 13.8 Å². The van der Waals surface area contributed by atoms with Crippen molar-refractivity contribution in [3.8, 4) is 0 Å². The van der Waals surface area contributed by atoms with Gasteiger partial charge in [0, 0.05) is 16.8 Å². The molecule has 2 aromatic carbocycles. The molecule has 7 nitrogen and oxygen atoms in total. The molecular formula is C17H14ClN5O2S. The normalized spacial score (nSPS) is 12.0. The zero-order valence-electron chi connectivity index (χ0n) is 13.9. The first kappa shape index (κ1) is 16.7. The minimum Gasteiger partial charge on any atom is -0.275 e. The van der Waals surface area contributed by atoms with E-state index in [0.29, 0.717) is 16.1 Å². The third kappa shape index (κ3) is 2.77. The van der Waals surface area contributed by atoms with Gasteiger partial charge in [-0.05, 0) is 31.4 Å². The molecule has 0 saturated heterocycles. The number of aromatic nitrogens is 4. The van der Waals surface area contributed by atoms with Gasteiger partial charge in [-0.2, -0.15) is 13.4 Å². The molecule has 4 rings (SSSR count). The van der Waals surface area contributed by atoms with E-state index in [1.54, 1.807) is 18.2 Å². The van der Waals surface area contributed by atoms with Crippen molar-refractivity contribution in [2.75, 3.05) is 4.72 Å². The van der Waals surface area contributed by atoms with Crippen molar-refractivity contribution in [3.05, 3.63) is 58.9 Å². The second-order valence-electron chi connectivity index (χ2n) is 5.89. The van der Waals surface area contributed by atoms with Gasteiger partial charge in [0.2, 0.25) is 0 Å². The summed E-state index contributed by atoms with van der Waals surface area (Å²) in [5.74, 6) is 0.229. The predicted octanol–water partition coefficient (Wildman–Crippen LogP) is 3.35. The molecule has 0 bridgehead atoms. The lowest BCUT2D eigenvalue weighted by atomic mass is 10.1. The number of rotatable bonds is 3. The van der Waals surface area contributed by atoms with E-state index in [-0.39, 0.29) is 10.9 Å². The second kappa shape index (κ2) is 5.93. The molecule has 0 aliphatic rings. The molecule has 0 fully saturated rings. The Kier molecular flexibility index (Phi) is 3.82. The summed E-state index contributed by atoms with van der Waals surface area (Å²) in [5.41, 5.74) is 1.77. The Balaban J connectivity index is 1.84. The molecule has 2 heterocycles. The SMILES string of the molecule is Cc1cc(C)n2nc(S(=O)(=O)Nc3c(Cl)ccc4ccccc34)nc2n1. The van der Waals surface area contributed by atoms with Crippen LogP contribution in [0.25, 0.3) is 16.6 Å². The van der Waals surface area contributed by atoms with Crippen molar-refractivity contribution >= 4 is 43.9 Å². The van der Waals surface area contributed by atoms with Crippen LogP contribution >= 0.6 is 11.6 Å². The average Bonchev–Trinajstić information content (AvgIpc) is 3.03. The van der Waals surface area contributed by atoms with Gasteiger partial charge in [-0.25, -0.2) is 9.50 Å². The first-order valence-electron chi connectivity index (χ1n) is 7.76. The fraction of sp³-hybridized carbons (Fsp3) is 0.118. The molecule has 26 heavy (non-hydrogen) atoms. The molecule has 0 unspecified atom stereocenters. The average molecular weight is 388 g/mol. The van der Waals surface area contributed by atoms with Gasteiger partial charge in [0.25, 0.3) is 21.0 Å². The second-order valence-corrected chi connectivity index (χ2v) is 7.88. The van der Waals surface area contributed by atoms with Gasteiger partial charge in [-0.1, -0.05) is 41.9 Å². The van der Waals surface area contributed by atoms with E-state index >= 15 is 0 Å². The summed E-state index contributed by atoms with van der Waals surface area (Å²) < 4.78 is 29.6. The smallest absolute Gasteiger partial charge is 0.275 e. The minimum atomic E-state index is -4.04. The van der Waals surface area contributed by atoms with Crippen molar-refractivity contribution in [3.63, 3.8) is 0 Å². The Hall–Kier alpha value is -2.71. The molecule has 9 heteroatoms. The predicted molar refractivity (Wildman–Crippen MR) is 100 cm³/mol. The lowest BCUT2D eigenvalue weighted by Crippen LogP contribution is -2.15. The number of hydrogen-bond donors (Lipinski definition) is 1. The molecule has 0 aliphatic heterocycles. The highest BCUT2D eigenvalue weighted by atomic mass is 35.5. The topological polar surface area (TPSA) is 89.3 Å². The van der Waals surface area contributed by atoms with Crippen molar-refractivity contribution in [2.45, 2.75) is 19.0 Å². The number of nitrogens with one attached hydrogen (secondary N) is 1. The Morgan fingerprint density at radius 1 is 1.08 bits per heavy atom. The lowest BCUT2D eigenvalue weighted by molar-refractivity contribution is 0.592. The molecule has 0 saturated carbocycles. The first-order chi connectivity index (χ1) is 12.3. The summed E-state index contributed by atoms with van der Waals surface area (Å²) in [5, 5.41) is 5.57. The maximum atomic E-state index is 12.8.